The van der Waals surface area contributed by atoms with Crippen LogP contribution in [0.1, 0.15) is 5.56 Å². The summed E-state index contributed by atoms with van der Waals surface area (Å²) >= 11 is 0. The number of hydrogen-bond donors (Lipinski definition) is 0. The topological polar surface area (TPSA) is 35.6 Å². The highest BCUT2D eigenvalue weighted by Crippen LogP contribution is 2.46. The first-order valence-corrected chi connectivity index (χ1v) is 22.0. The summed E-state index contributed by atoms with van der Waals surface area (Å²) in [5.74, 6) is -1.74. The lowest BCUT2D eigenvalue weighted by molar-refractivity contribution is -0.137. The molecule has 0 unspecified atom stereocenters. The molecule has 0 amide bonds. The first-order valence-electron chi connectivity index (χ1n) is 22.0. The predicted molar refractivity (Wildman–Crippen MR) is 263 cm³/mol. The van der Waals surface area contributed by atoms with Gasteiger partial charge in [0.05, 0.1) is 61.8 Å². The fourth-order valence-corrected chi connectivity index (χ4v) is 9.64. The van der Waals surface area contributed by atoms with Crippen LogP contribution >= 0.6 is 0 Å². The van der Waals surface area contributed by atoms with Gasteiger partial charge in [0.1, 0.15) is 11.6 Å². The molecule has 0 saturated carbocycles. The zero-order valence-corrected chi connectivity index (χ0v) is 35.9. The third kappa shape index (κ3) is 6.98. The number of aromatic nitrogens is 4. The van der Waals surface area contributed by atoms with E-state index in [-0.39, 0.29) is 22.5 Å². The molecule has 0 N–H and O–H groups in total. The Morgan fingerprint density at radius 3 is 1.16 bits per heavy atom. The average molecular weight is 895 g/mol. The molecule has 0 atom stereocenters. The number of benzene rings is 8. The van der Waals surface area contributed by atoms with E-state index in [0.29, 0.717) is 22.1 Å². The van der Waals surface area contributed by atoms with Gasteiger partial charge in [0.15, 0.2) is 0 Å². The average Bonchev–Trinajstić information content (AvgIpc) is 3.88. The minimum Gasteiger partial charge on any atom is -0.309 e. The number of fused-ring (bicyclic) bond motifs is 6. The largest absolute Gasteiger partial charge is 0.416 e. The molecular weight excluding hydrogens is 860 g/mol. The molecule has 0 aliphatic heterocycles. The zero-order valence-electron chi connectivity index (χ0n) is 35.9. The molecule has 0 radical (unpaired) electrons. The second-order valence-electron chi connectivity index (χ2n) is 16.8. The van der Waals surface area contributed by atoms with Gasteiger partial charge in [-0.3, -0.25) is 0 Å². The van der Waals surface area contributed by atoms with Crippen LogP contribution in [0.4, 0.5) is 22.0 Å². The van der Waals surface area contributed by atoms with Crippen LogP contribution in [0.3, 0.4) is 0 Å². The van der Waals surface area contributed by atoms with Crippen molar-refractivity contribution in [1.29, 1.82) is 0 Å². The molecule has 8 aromatic carbocycles. The molecule has 4 heterocycles. The van der Waals surface area contributed by atoms with Crippen LogP contribution in [-0.2, 0) is 6.18 Å². The SMILES string of the molecule is Fc1cc(F)cc(-c2c(-n3c4ccccc4c4cc(-c5cccc(-c6ccccc6)n5)ccc43)cc(C(F)(F)F)cc2-n2c3ccccc3c3cc(-c4cccc(-c5ccccc5)n4)ccc32)c1. The van der Waals surface area contributed by atoms with Crippen molar-refractivity contribution in [2.45, 2.75) is 6.18 Å². The molecule has 9 heteroatoms. The summed E-state index contributed by atoms with van der Waals surface area (Å²) in [5, 5.41) is 3.06. The maximum Gasteiger partial charge on any atom is 0.416 e. The van der Waals surface area contributed by atoms with Gasteiger partial charge in [0, 0.05) is 55.4 Å². The number of rotatable bonds is 7. The Kier molecular flexibility index (Phi) is 9.62. The van der Waals surface area contributed by atoms with Crippen LogP contribution in [0, 0.1) is 11.6 Å². The van der Waals surface area contributed by atoms with E-state index >= 15 is 22.0 Å². The van der Waals surface area contributed by atoms with Crippen molar-refractivity contribution in [2.24, 2.45) is 0 Å². The lowest BCUT2D eigenvalue weighted by Gasteiger charge is -2.23. The predicted octanol–water partition coefficient (Wildman–Crippen LogP) is 16.3. The number of pyridine rings is 2. The Hall–Kier alpha value is -8.69. The van der Waals surface area contributed by atoms with Gasteiger partial charge in [0.25, 0.3) is 0 Å². The zero-order chi connectivity index (χ0) is 46.1. The number of para-hydroxylation sites is 2. The number of nitrogens with zero attached hydrogens (tertiary/aromatic N) is 4. The lowest BCUT2D eigenvalue weighted by atomic mass is 9.97. The van der Waals surface area contributed by atoms with E-state index in [1.807, 2.05) is 182 Å². The third-order valence-corrected chi connectivity index (χ3v) is 12.6. The van der Waals surface area contributed by atoms with Gasteiger partial charge >= 0.3 is 6.18 Å². The molecule has 0 saturated heterocycles. The van der Waals surface area contributed by atoms with Crippen LogP contribution in [-0.4, -0.2) is 19.1 Å². The van der Waals surface area contributed by atoms with Gasteiger partial charge in [-0.2, -0.15) is 13.2 Å². The maximum absolute atomic E-state index is 15.6. The Labute approximate surface area is 386 Å². The summed E-state index contributed by atoms with van der Waals surface area (Å²) in [6.07, 6.45) is -4.82. The summed E-state index contributed by atoms with van der Waals surface area (Å²) in [4.78, 5) is 9.99. The number of alkyl halides is 3. The van der Waals surface area contributed by atoms with Crippen molar-refractivity contribution in [3.63, 3.8) is 0 Å². The highest BCUT2D eigenvalue weighted by atomic mass is 19.4. The van der Waals surface area contributed by atoms with Crippen molar-refractivity contribution < 1.29 is 22.0 Å². The molecule has 12 rings (SSSR count). The van der Waals surface area contributed by atoms with E-state index in [1.54, 1.807) is 9.13 Å². The molecule has 68 heavy (non-hydrogen) atoms. The smallest absolute Gasteiger partial charge is 0.309 e. The molecule has 4 aromatic heterocycles. The minimum absolute atomic E-state index is 0.0650. The first-order chi connectivity index (χ1) is 33.2. The third-order valence-electron chi connectivity index (χ3n) is 12.6. The fourth-order valence-electron chi connectivity index (χ4n) is 9.64. The standard InChI is InChI=1S/C59H35F5N4/c60-42-29-40(30-43(61)35-42)58-56(67-52-23-9-7-17-44(52)46-31-38(25-27-54(46)67)50-21-11-19-48(65-50)36-13-3-1-4-14-36)33-41(59(62,63)64)34-57(58)68-53-24-10-8-18-45(53)47-32-39(26-28-55(47)68)51-22-12-20-49(66-51)37-15-5-2-6-16-37/h1-35H. The first kappa shape index (κ1) is 40.8. The second kappa shape index (κ2) is 16.0. The van der Waals surface area contributed by atoms with Crippen LogP contribution in [0.15, 0.2) is 212 Å². The number of halogens is 5. The molecule has 12 aromatic rings. The molecular formula is C59H35F5N4. The molecule has 0 fully saturated rings. The van der Waals surface area contributed by atoms with Crippen molar-refractivity contribution in [3.05, 3.63) is 230 Å². The van der Waals surface area contributed by atoms with Gasteiger partial charge in [-0.05, 0) is 90.5 Å². The Morgan fingerprint density at radius 2 is 0.721 bits per heavy atom. The quantitative estimate of drug-likeness (QED) is 0.149. The summed E-state index contributed by atoms with van der Waals surface area (Å²) in [5.41, 5.74) is 8.47. The Balaban J connectivity index is 1.13. The molecule has 0 bridgehead atoms. The molecule has 0 aliphatic carbocycles. The van der Waals surface area contributed by atoms with Gasteiger partial charge in [0.2, 0.25) is 0 Å². The summed E-state index contributed by atoms with van der Waals surface area (Å²) in [6.45, 7) is 0. The summed E-state index contributed by atoms with van der Waals surface area (Å²) < 4.78 is 81.5. The van der Waals surface area contributed by atoms with Crippen molar-refractivity contribution in [2.75, 3.05) is 0 Å². The molecule has 0 aliphatic rings. The van der Waals surface area contributed by atoms with E-state index in [1.165, 1.54) is 12.1 Å². The lowest BCUT2D eigenvalue weighted by Crippen LogP contribution is -2.11. The second-order valence-corrected chi connectivity index (χ2v) is 16.8. The maximum atomic E-state index is 15.6. The molecule has 326 valence electrons. The van der Waals surface area contributed by atoms with Crippen LogP contribution in [0.2, 0.25) is 0 Å². The van der Waals surface area contributed by atoms with Crippen molar-refractivity contribution in [1.82, 2.24) is 19.1 Å². The van der Waals surface area contributed by atoms with Crippen molar-refractivity contribution in [3.8, 4) is 67.5 Å². The Bertz CT molecular complexity index is 3690. The summed E-state index contributed by atoms with van der Waals surface area (Å²) in [6, 6.07) is 63.2. The van der Waals surface area contributed by atoms with Gasteiger partial charge in [-0.1, -0.05) is 121 Å². The van der Waals surface area contributed by atoms with Crippen molar-refractivity contribution >= 4 is 43.6 Å². The van der Waals surface area contributed by atoms with E-state index in [4.69, 9.17) is 9.97 Å². The van der Waals surface area contributed by atoms with Crippen LogP contribution < -0.4 is 0 Å². The van der Waals surface area contributed by atoms with E-state index in [9.17, 15) is 0 Å². The minimum atomic E-state index is -4.82. The van der Waals surface area contributed by atoms with Crippen LogP contribution in [0.25, 0.3) is 111 Å². The fraction of sp³-hybridized carbons (Fsp3) is 0.0169. The number of hydrogen-bond acceptors (Lipinski definition) is 2. The van der Waals surface area contributed by atoms with E-state index in [2.05, 4.69) is 0 Å². The van der Waals surface area contributed by atoms with Gasteiger partial charge in [-0.25, -0.2) is 18.7 Å². The summed E-state index contributed by atoms with van der Waals surface area (Å²) in [7, 11) is 0. The van der Waals surface area contributed by atoms with E-state index in [0.717, 1.165) is 84.8 Å². The monoisotopic (exact) mass is 894 g/mol. The Morgan fingerprint density at radius 1 is 0.324 bits per heavy atom. The molecule has 0 spiro atoms. The highest BCUT2D eigenvalue weighted by molar-refractivity contribution is 6.13. The van der Waals surface area contributed by atoms with E-state index < -0.39 is 23.4 Å². The van der Waals surface area contributed by atoms with Gasteiger partial charge < -0.3 is 9.13 Å². The molecule has 4 nitrogen and oxygen atoms in total. The highest BCUT2D eigenvalue weighted by Gasteiger charge is 2.34. The van der Waals surface area contributed by atoms with Gasteiger partial charge in [-0.15, -0.1) is 0 Å². The van der Waals surface area contributed by atoms with Crippen LogP contribution in [0.5, 0.6) is 0 Å². The normalized spacial score (nSPS) is 11.9.